The van der Waals surface area contributed by atoms with Crippen molar-refractivity contribution in [2.75, 3.05) is 37.2 Å². The van der Waals surface area contributed by atoms with E-state index in [1.54, 1.807) is 0 Å². The molecular weight excluding hydrogens is 440 g/mol. The molecule has 0 aromatic heterocycles. The first-order chi connectivity index (χ1) is 14.0. The van der Waals surface area contributed by atoms with Crippen molar-refractivity contribution in [1.29, 1.82) is 0 Å². The third kappa shape index (κ3) is 5.06. The predicted octanol–water partition coefficient (Wildman–Crippen LogP) is 2.59. The summed E-state index contributed by atoms with van der Waals surface area (Å²) in [6.45, 7) is 0.884. The molecule has 11 heteroatoms. The number of halogens is 3. The quantitative estimate of drug-likeness (QED) is 0.764. The average Bonchev–Trinajstić information content (AvgIpc) is 2.70. The molecule has 0 aliphatic carbocycles. The van der Waals surface area contributed by atoms with Crippen LogP contribution in [0.2, 0.25) is 5.02 Å². The van der Waals surface area contributed by atoms with Crippen LogP contribution in [0.3, 0.4) is 0 Å². The largest absolute Gasteiger partial charge is 0.335 e. The second-order valence-corrected chi connectivity index (χ2v) is 8.94. The van der Waals surface area contributed by atoms with E-state index >= 15 is 0 Å². The number of hydrogen-bond donors (Lipinski definition) is 1. The van der Waals surface area contributed by atoms with Crippen molar-refractivity contribution in [3.63, 3.8) is 0 Å². The molecule has 1 aliphatic rings. The SMILES string of the molecule is CS(=O)(=O)Nc1cc(C(=O)N2CCN(C(=O)c3ccc(F)c(F)c3)CC2)ccc1Cl. The van der Waals surface area contributed by atoms with Gasteiger partial charge in [-0.05, 0) is 36.4 Å². The van der Waals surface area contributed by atoms with Gasteiger partial charge in [-0.1, -0.05) is 11.6 Å². The fraction of sp³-hybridized carbons (Fsp3) is 0.263. The number of sulfonamides is 1. The molecule has 7 nitrogen and oxygen atoms in total. The molecule has 0 saturated carbocycles. The van der Waals surface area contributed by atoms with E-state index in [0.717, 1.165) is 18.4 Å². The zero-order valence-corrected chi connectivity index (χ0v) is 17.4. The van der Waals surface area contributed by atoms with Gasteiger partial charge in [-0.25, -0.2) is 17.2 Å². The number of benzene rings is 2. The van der Waals surface area contributed by atoms with Gasteiger partial charge in [-0.3, -0.25) is 14.3 Å². The van der Waals surface area contributed by atoms with Crippen molar-refractivity contribution in [3.8, 4) is 0 Å². The van der Waals surface area contributed by atoms with Crippen LogP contribution in [0, 0.1) is 11.6 Å². The van der Waals surface area contributed by atoms with E-state index in [2.05, 4.69) is 4.72 Å². The summed E-state index contributed by atoms with van der Waals surface area (Å²) in [5.41, 5.74) is 0.367. The number of nitrogens with zero attached hydrogens (tertiary/aromatic N) is 2. The number of amides is 2. The Bertz CT molecular complexity index is 1100. The van der Waals surface area contributed by atoms with Gasteiger partial charge in [-0.2, -0.15) is 0 Å². The topological polar surface area (TPSA) is 86.8 Å². The van der Waals surface area contributed by atoms with Crippen LogP contribution < -0.4 is 4.72 Å². The minimum atomic E-state index is -3.57. The van der Waals surface area contributed by atoms with E-state index in [0.29, 0.717) is 0 Å². The Hall–Kier alpha value is -2.72. The molecule has 3 rings (SSSR count). The molecule has 0 radical (unpaired) electrons. The van der Waals surface area contributed by atoms with Crippen molar-refractivity contribution >= 4 is 39.1 Å². The number of piperazine rings is 1. The molecule has 1 N–H and O–H groups in total. The number of nitrogens with one attached hydrogen (secondary N) is 1. The van der Waals surface area contributed by atoms with Crippen LogP contribution in [0.15, 0.2) is 36.4 Å². The zero-order chi connectivity index (χ0) is 22.1. The van der Waals surface area contributed by atoms with Crippen LogP contribution in [0.4, 0.5) is 14.5 Å². The maximum atomic E-state index is 13.4. The van der Waals surface area contributed by atoms with Gasteiger partial charge in [0.1, 0.15) is 0 Å². The van der Waals surface area contributed by atoms with Gasteiger partial charge in [0.05, 0.1) is 17.0 Å². The summed E-state index contributed by atoms with van der Waals surface area (Å²) in [5, 5.41) is 0.152. The number of hydrogen-bond acceptors (Lipinski definition) is 4. The monoisotopic (exact) mass is 457 g/mol. The van der Waals surface area contributed by atoms with Gasteiger partial charge in [0.15, 0.2) is 11.6 Å². The van der Waals surface area contributed by atoms with Crippen LogP contribution in [0.1, 0.15) is 20.7 Å². The van der Waals surface area contributed by atoms with E-state index in [1.165, 1.54) is 34.1 Å². The minimum absolute atomic E-state index is 0.0304. The van der Waals surface area contributed by atoms with Gasteiger partial charge in [0.25, 0.3) is 11.8 Å². The van der Waals surface area contributed by atoms with Crippen molar-refractivity contribution in [1.82, 2.24) is 9.80 Å². The molecule has 1 saturated heterocycles. The first-order valence-corrected chi connectivity index (χ1v) is 11.1. The Labute approximate surface area is 177 Å². The van der Waals surface area contributed by atoms with Crippen LogP contribution in [0.25, 0.3) is 0 Å². The molecule has 2 aromatic carbocycles. The summed E-state index contributed by atoms with van der Waals surface area (Å²) in [7, 11) is -3.57. The summed E-state index contributed by atoms with van der Waals surface area (Å²) in [6, 6.07) is 7.21. The second kappa shape index (κ2) is 8.57. The van der Waals surface area contributed by atoms with Gasteiger partial charge in [0, 0.05) is 37.3 Å². The Morgan fingerprint density at radius 1 is 0.900 bits per heavy atom. The van der Waals surface area contributed by atoms with Crippen LogP contribution in [0.5, 0.6) is 0 Å². The third-order valence-electron chi connectivity index (χ3n) is 4.53. The van der Waals surface area contributed by atoms with Crippen molar-refractivity contribution in [2.45, 2.75) is 0 Å². The summed E-state index contributed by atoms with van der Waals surface area (Å²) in [5.74, 6) is -2.93. The number of anilines is 1. The van der Waals surface area contributed by atoms with E-state index < -0.39 is 27.6 Å². The highest BCUT2D eigenvalue weighted by molar-refractivity contribution is 7.92. The van der Waals surface area contributed by atoms with E-state index in [-0.39, 0.29) is 53.9 Å². The highest BCUT2D eigenvalue weighted by atomic mass is 35.5. The lowest BCUT2D eigenvalue weighted by Crippen LogP contribution is -2.50. The summed E-state index contributed by atoms with van der Waals surface area (Å²) in [6.07, 6.45) is 0.973. The van der Waals surface area contributed by atoms with E-state index in [4.69, 9.17) is 11.6 Å². The first kappa shape index (κ1) is 22.0. The molecule has 1 fully saturated rings. The van der Waals surface area contributed by atoms with Gasteiger partial charge < -0.3 is 9.80 Å². The molecule has 2 amide bonds. The van der Waals surface area contributed by atoms with Crippen molar-refractivity contribution < 1.29 is 26.8 Å². The standard InChI is InChI=1S/C19H18ClF2N3O4S/c1-30(28,29)23-17-11-13(2-4-14(17)20)19(27)25-8-6-24(7-9-25)18(26)12-3-5-15(21)16(22)10-12/h2-5,10-11,23H,6-9H2,1H3. The predicted molar refractivity (Wildman–Crippen MR) is 108 cm³/mol. The Morgan fingerprint density at radius 3 is 1.90 bits per heavy atom. The van der Waals surface area contributed by atoms with Crippen molar-refractivity contribution in [3.05, 3.63) is 64.2 Å². The van der Waals surface area contributed by atoms with Gasteiger partial charge in [0.2, 0.25) is 10.0 Å². The van der Waals surface area contributed by atoms with E-state index in [1.807, 2.05) is 0 Å². The smallest absolute Gasteiger partial charge is 0.254 e. The van der Waals surface area contributed by atoms with Gasteiger partial charge >= 0.3 is 0 Å². The number of rotatable bonds is 4. The Morgan fingerprint density at radius 2 is 1.40 bits per heavy atom. The summed E-state index contributed by atoms with van der Waals surface area (Å²) < 4.78 is 51.6. The molecule has 0 unspecified atom stereocenters. The van der Waals surface area contributed by atoms with Crippen LogP contribution in [-0.2, 0) is 10.0 Å². The highest BCUT2D eigenvalue weighted by Gasteiger charge is 2.26. The highest BCUT2D eigenvalue weighted by Crippen LogP contribution is 2.25. The fourth-order valence-electron chi connectivity index (χ4n) is 3.04. The van der Waals surface area contributed by atoms with E-state index in [9.17, 15) is 26.8 Å². The Kier molecular flexibility index (Phi) is 6.27. The molecule has 0 spiro atoms. The van der Waals surface area contributed by atoms with Crippen molar-refractivity contribution in [2.24, 2.45) is 0 Å². The lowest BCUT2D eigenvalue weighted by Gasteiger charge is -2.35. The lowest BCUT2D eigenvalue weighted by molar-refractivity contribution is 0.0535. The molecule has 30 heavy (non-hydrogen) atoms. The molecule has 0 atom stereocenters. The molecule has 2 aromatic rings. The minimum Gasteiger partial charge on any atom is -0.335 e. The normalized spacial score (nSPS) is 14.5. The van der Waals surface area contributed by atoms with Gasteiger partial charge in [-0.15, -0.1) is 0 Å². The third-order valence-corrected chi connectivity index (χ3v) is 5.45. The zero-order valence-electron chi connectivity index (χ0n) is 15.9. The summed E-state index contributed by atoms with van der Waals surface area (Å²) >= 11 is 5.98. The maximum absolute atomic E-state index is 13.4. The second-order valence-electron chi connectivity index (χ2n) is 6.78. The average molecular weight is 458 g/mol. The maximum Gasteiger partial charge on any atom is 0.254 e. The van der Waals surface area contributed by atoms with Crippen LogP contribution in [-0.4, -0.2) is 62.5 Å². The Balaban J connectivity index is 1.67. The summed E-state index contributed by atoms with van der Waals surface area (Å²) in [4.78, 5) is 28.2. The molecular formula is C19H18ClF2N3O4S. The molecule has 1 heterocycles. The molecule has 160 valence electrons. The number of carbonyl (C=O) groups excluding carboxylic acids is 2. The first-order valence-electron chi connectivity index (χ1n) is 8.86. The lowest BCUT2D eigenvalue weighted by atomic mass is 10.1. The van der Waals surface area contributed by atoms with Crippen LogP contribution >= 0.6 is 11.6 Å². The number of carbonyl (C=O) groups is 2. The molecule has 0 bridgehead atoms. The molecule has 1 aliphatic heterocycles. The fourth-order valence-corrected chi connectivity index (χ4v) is 3.83.